The maximum absolute atomic E-state index is 12.4. The summed E-state index contributed by atoms with van der Waals surface area (Å²) in [6.45, 7) is 3.24. The highest BCUT2D eigenvalue weighted by Gasteiger charge is 2.50. The van der Waals surface area contributed by atoms with Crippen LogP contribution in [-0.4, -0.2) is 64.9 Å². The Labute approximate surface area is 190 Å². The molecule has 3 aliphatic rings. The van der Waals surface area contributed by atoms with Crippen molar-refractivity contribution in [3.05, 3.63) is 29.7 Å². The number of nitrogens with one attached hydrogen (secondary N) is 3. The molecule has 2 aromatic rings. The van der Waals surface area contributed by atoms with E-state index in [1.807, 2.05) is 11.8 Å². The minimum atomic E-state index is -0.409. The zero-order valence-electron chi connectivity index (χ0n) is 18.5. The third-order valence-electron chi connectivity index (χ3n) is 6.20. The molecular weight excluding hydrogens is 426 g/mol. The molecule has 0 bridgehead atoms. The molecule has 172 valence electrons. The van der Waals surface area contributed by atoms with Crippen molar-refractivity contribution in [3.63, 3.8) is 0 Å². The summed E-state index contributed by atoms with van der Waals surface area (Å²) in [6, 6.07) is 1.63. The summed E-state index contributed by atoms with van der Waals surface area (Å²) in [5.41, 5.74) is 1.17. The fourth-order valence-electron chi connectivity index (χ4n) is 4.23. The first-order valence-electron chi connectivity index (χ1n) is 10.9. The summed E-state index contributed by atoms with van der Waals surface area (Å²) >= 11 is 0. The molecule has 1 aliphatic carbocycles. The second kappa shape index (κ2) is 8.07. The molecule has 2 aliphatic heterocycles. The van der Waals surface area contributed by atoms with Gasteiger partial charge in [0.25, 0.3) is 5.91 Å². The highest BCUT2D eigenvalue weighted by Crippen LogP contribution is 2.38. The fourth-order valence-corrected chi connectivity index (χ4v) is 4.23. The van der Waals surface area contributed by atoms with E-state index in [1.165, 1.54) is 12.5 Å². The molecule has 4 heterocycles. The summed E-state index contributed by atoms with van der Waals surface area (Å²) < 4.78 is 5.69. The summed E-state index contributed by atoms with van der Waals surface area (Å²) in [5.74, 6) is 1.40. The number of ketones is 1. The number of pyridine rings is 1. The van der Waals surface area contributed by atoms with E-state index in [-0.39, 0.29) is 30.1 Å². The Bertz CT molecular complexity index is 1140. The van der Waals surface area contributed by atoms with Gasteiger partial charge in [-0.2, -0.15) is 0 Å². The van der Waals surface area contributed by atoms with Gasteiger partial charge in [-0.25, -0.2) is 15.0 Å². The number of Topliss-reactive ketones (excluding diaryl/α,β-unsaturated/α-hetero) is 1. The van der Waals surface area contributed by atoms with Crippen LogP contribution in [0.1, 0.15) is 35.2 Å². The van der Waals surface area contributed by atoms with Crippen molar-refractivity contribution in [1.29, 1.82) is 0 Å². The number of carbonyl (C=O) groups excluding carboxylic acids is 3. The molecule has 1 saturated carbocycles. The van der Waals surface area contributed by atoms with Crippen LogP contribution in [-0.2, 0) is 14.3 Å². The highest BCUT2D eigenvalue weighted by atomic mass is 16.5. The number of anilines is 4. The lowest BCUT2D eigenvalue weighted by atomic mass is 9.90. The van der Waals surface area contributed by atoms with E-state index in [0.717, 1.165) is 24.2 Å². The predicted molar refractivity (Wildman–Crippen MR) is 120 cm³/mol. The van der Waals surface area contributed by atoms with Crippen molar-refractivity contribution in [3.8, 4) is 0 Å². The third-order valence-corrected chi connectivity index (χ3v) is 6.20. The Hall–Kier alpha value is -3.60. The number of amides is 2. The van der Waals surface area contributed by atoms with Crippen LogP contribution in [0.15, 0.2) is 18.6 Å². The van der Waals surface area contributed by atoms with Crippen LogP contribution in [0.3, 0.4) is 0 Å². The van der Waals surface area contributed by atoms with Gasteiger partial charge < -0.3 is 25.6 Å². The average Bonchev–Trinajstić information content (AvgIpc) is 3.56. The minimum Gasteiger partial charge on any atom is -0.363 e. The number of rotatable bonds is 6. The zero-order valence-corrected chi connectivity index (χ0v) is 18.5. The largest absolute Gasteiger partial charge is 0.363 e. The Morgan fingerprint density at radius 2 is 2.00 bits per heavy atom. The first-order chi connectivity index (χ1) is 15.9. The summed E-state index contributed by atoms with van der Waals surface area (Å²) in [6.07, 6.45) is 5.07. The van der Waals surface area contributed by atoms with Gasteiger partial charge in [-0.15, -0.1) is 0 Å². The third kappa shape index (κ3) is 4.11. The molecule has 11 heteroatoms. The molecule has 2 aromatic heterocycles. The standard InChI is InChI=1S/C22H25N7O4/c1-12-18(25-11-26-19(12)29-9-22(10-29)6-14(30)8-33-22)27-16-5-17(28-20(31)13-3-4-13)24-7-15(16)21(32)23-2/h5,7,11,13H,3-4,6,8-10H2,1-2H3,(H,23,32)(H2,24,25,26,27,28,31). The lowest BCUT2D eigenvalue weighted by Crippen LogP contribution is -2.62. The molecule has 2 saturated heterocycles. The maximum Gasteiger partial charge on any atom is 0.254 e. The fraction of sp³-hybridized carbons (Fsp3) is 0.455. The molecule has 1 spiro atoms. The molecule has 3 fully saturated rings. The predicted octanol–water partition coefficient (Wildman–Crippen LogP) is 1.18. The minimum absolute atomic E-state index is 0.0347. The Morgan fingerprint density at radius 1 is 1.21 bits per heavy atom. The number of carbonyl (C=O) groups is 3. The van der Waals surface area contributed by atoms with E-state index in [9.17, 15) is 14.4 Å². The molecule has 3 N–H and O–H groups in total. The summed E-state index contributed by atoms with van der Waals surface area (Å²) in [5, 5.41) is 8.62. The SMILES string of the molecule is CNC(=O)c1cnc(NC(=O)C2CC2)cc1Nc1ncnc(N2CC3(CC(=O)CO3)C2)c1C. The van der Waals surface area contributed by atoms with Crippen molar-refractivity contribution in [1.82, 2.24) is 20.3 Å². The number of nitrogens with zero attached hydrogens (tertiary/aromatic N) is 4. The van der Waals surface area contributed by atoms with Crippen molar-refractivity contribution >= 4 is 40.7 Å². The Morgan fingerprint density at radius 3 is 2.67 bits per heavy atom. The van der Waals surface area contributed by atoms with Gasteiger partial charge in [-0.1, -0.05) is 0 Å². The quantitative estimate of drug-likeness (QED) is 0.591. The van der Waals surface area contributed by atoms with E-state index in [4.69, 9.17) is 4.74 Å². The van der Waals surface area contributed by atoms with Crippen molar-refractivity contribution in [2.24, 2.45) is 5.92 Å². The molecule has 2 amide bonds. The van der Waals surface area contributed by atoms with E-state index in [0.29, 0.717) is 42.4 Å². The smallest absolute Gasteiger partial charge is 0.254 e. The lowest BCUT2D eigenvalue weighted by molar-refractivity contribution is -0.118. The molecule has 33 heavy (non-hydrogen) atoms. The van der Waals surface area contributed by atoms with Gasteiger partial charge in [0.2, 0.25) is 5.91 Å². The molecule has 11 nitrogen and oxygen atoms in total. The van der Waals surface area contributed by atoms with Crippen LogP contribution in [0.5, 0.6) is 0 Å². The van der Waals surface area contributed by atoms with Gasteiger partial charge in [-0.3, -0.25) is 14.4 Å². The van der Waals surface area contributed by atoms with E-state index >= 15 is 0 Å². The lowest BCUT2D eigenvalue weighted by Gasteiger charge is -2.47. The Kier molecular flexibility index (Phi) is 5.20. The summed E-state index contributed by atoms with van der Waals surface area (Å²) in [4.78, 5) is 51.2. The molecule has 0 atom stereocenters. The molecule has 0 aromatic carbocycles. The number of ether oxygens (including phenoxy) is 1. The van der Waals surface area contributed by atoms with E-state index in [1.54, 1.807) is 13.1 Å². The van der Waals surface area contributed by atoms with Crippen LogP contribution in [0, 0.1) is 12.8 Å². The number of hydrogen-bond acceptors (Lipinski definition) is 9. The second-order valence-corrected chi connectivity index (χ2v) is 8.80. The second-order valence-electron chi connectivity index (χ2n) is 8.80. The van der Waals surface area contributed by atoms with Gasteiger partial charge >= 0.3 is 0 Å². The molecule has 0 radical (unpaired) electrons. The van der Waals surface area contributed by atoms with Crippen LogP contribution < -0.4 is 20.9 Å². The van der Waals surface area contributed by atoms with Gasteiger partial charge in [-0.05, 0) is 19.8 Å². The van der Waals surface area contributed by atoms with Crippen LogP contribution in [0.4, 0.5) is 23.1 Å². The first kappa shape index (κ1) is 21.3. The van der Waals surface area contributed by atoms with Crippen LogP contribution in [0.25, 0.3) is 0 Å². The number of aromatic nitrogens is 3. The first-order valence-corrected chi connectivity index (χ1v) is 10.9. The topological polar surface area (TPSA) is 138 Å². The van der Waals surface area contributed by atoms with Crippen molar-refractivity contribution in [2.45, 2.75) is 31.8 Å². The average molecular weight is 451 g/mol. The van der Waals surface area contributed by atoms with Gasteiger partial charge in [0.05, 0.1) is 24.3 Å². The van der Waals surface area contributed by atoms with Crippen molar-refractivity contribution < 1.29 is 19.1 Å². The molecule has 0 unspecified atom stereocenters. The van der Waals surface area contributed by atoms with Gasteiger partial charge in [0.15, 0.2) is 5.78 Å². The van der Waals surface area contributed by atoms with Crippen LogP contribution >= 0.6 is 0 Å². The zero-order chi connectivity index (χ0) is 23.2. The molecular formula is C22H25N7O4. The van der Waals surface area contributed by atoms with Gasteiger partial charge in [0.1, 0.15) is 36.0 Å². The van der Waals surface area contributed by atoms with E-state index < -0.39 is 5.60 Å². The monoisotopic (exact) mass is 451 g/mol. The molecule has 5 rings (SSSR count). The number of hydrogen-bond donors (Lipinski definition) is 3. The highest BCUT2D eigenvalue weighted by molar-refractivity contribution is 6.01. The van der Waals surface area contributed by atoms with E-state index in [2.05, 4.69) is 30.9 Å². The maximum atomic E-state index is 12.4. The van der Waals surface area contributed by atoms with Crippen molar-refractivity contribution in [2.75, 3.05) is 42.3 Å². The Balaban J connectivity index is 1.39. The van der Waals surface area contributed by atoms with Gasteiger partial charge in [0, 0.05) is 37.2 Å². The summed E-state index contributed by atoms with van der Waals surface area (Å²) in [7, 11) is 1.54. The normalized spacial score (nSPS) is 18.7. The van der Waals surface area contributed by atoms with Crippen LogP contribution in [0.2, 0.25) is 0 Å².